The summed E-state index contributed by atoms with van der Waals surface area (Å²) in [6.45, 7) is 3.30. The summed E-state index contributed by atoms with van der Waals surface area (Å²) < 4.78 is 16.5. The number of aromatic nitrogens is 1. The molecular weight excluding hydrogens is 356 g/mol. The van der Waals surface area contributed by atoms with Gasteiger partial charge in [-0.25, -0.2) is 0 Å². The van der Waals surface area contributed by atoms with E-state index in [-0.39, 0.29) is 12.3 Å². The van der Waals surface area contributed by atoms with E-state index in [0.717, 1.165) is 38.9 Å². The Bertz CT molecular complexity index is 782. The second kappa shape index (κ2) is 9.34. The second-order valence-electron chi connectivity index (χ2n) is 7.89. The van der Waals surface area contributed by atoms with Crippen molar-refractivity contribution < 1.29 is 18.8 Å². The van der Waals surface area contributed by atoms with E-state index in [0.29, 0.717) is 43.0 Å². The van der Waals surface area contributed by atoms with Crippen molar-refractivity contribution >= 4 is 5.91 Å². The average Bonchev–Trinajstić information content (AvgIpc) is 3.38. The minimum absolute atomic E-state index is 0.0338. The number of carbonyl (C=O) groups excluding carboxylic acids is 1. The Balaban J connectivity index is 1.16. The van der Waals surface area contributed by atoms with Crippen molar-refractivity contribution in [2.24, 2.45) is 11.8 Å². The summed E-state index contributed by atoms with van der Waals surface area (Å²) in [4.78, 5) is 12.0. The lowest BCUT2D eigenvalue weighted by molar-refractivity contribution is -0.120. The normalized spacial score (nSPS) is 21.4. The molecule has 6 nitrogen and oxygen atoms in total. The first kappa shape index (κ1) is 19.2. The van der Waals surface area contributed by atoms with Crippen LogP contribution in [0.15, 0.2) is 34.9 Å². The van der Waals surface area contributed by atoms with E-state index in [1.165, 1.54) is 11.1 Å². The molecule has 6 heteroatoms. The van der Waals surface area contributed by atoms with Gasteiger partial charge in [-0.05, 0) is 42.7 Å². The minimum Gasteiger partial charge on any atom is -0.381 e. The SMILES string of the molecule is O=C(Cc1cc(COCC2CCc3ccccc3C2)on1)NCC1CCOC1. The van der Waals surface area contributed by atoms with Crippen molar-refractivity contribution in [2.45, 2.75) is 38.7 Å². The van der Waals surface area contributed by atoms with Crippen LogP contribution in [-0.2, 0) is 40.1 Å². The van der Waals surface area contributed by atoms with Gasteiger partial charge in [-0.1, -0.05) is 29.4 Å². The molecular formula is C22H28N2O4. The summed E-state index contributed by atoms with van der Waals surface area (Å²) in [5.41, 5.74) is 3.56. The highest BCUT2D eigenvalue weighted by Gasteiger charge is 2.19. The third-order valence-corrected chi connectivity index (χ3v) is 5.61. The van der Waals surface area contributed by atoms with Crippen LogP contribution in [0.5, 0.6) is 0 Å². The molecule has 0 bridgehead atoms. The second-order valence-corrected chi connectivity index (χ2v) is 7.89. The highest BCUT2D eigenvalue weighted by atomic mass is 16.5. The number of hydrogen-bond acceptors (Lipinski definition) is 5. The molecule has 1 aliphatic carbocycles. The fourth-order valence-electron chi connectivity index (χ4n) is 3.98. The summed E-state index contributed by atoms with van der Waals surface area (Å²) >= 11 is 0. The fourth-order valence-corrected chi connectivity index (χ4v) is 3.98. The lowest BCUT2D eigenvalue weighted by Gasteiger charge is -2.24. The molecule has 1 aromatic heterocycles. The largest absolute Gasteiger partial charge is 0.381 e. The highest BCUT2D eigenvalue weighted by Crippen LogP contribution is 2.25. The molecule has 2 atom stereocenters. The number of rotatable bonds is 8. The molecule has 0 spiro atoms. The van der Waals surface area contributed by atoms with Gasteiger partial charge < -0.3 is 19.3 Å². The number of amides is 1. The van der Waals surface area contributed by atoms with Gasteiger partial charge in [-0.3, -0.25) is 4.79 Å². The van der Waals surface area contributed by atoms with Crippen LogP contribution in [0.2, 0.25) is 0 Å². The van der Waals surface area contributed by atoms with Crippen LogP contribution >= 0.6 is 0 Å². The van der Waals surface area contributed by atoms with Gasteiger partial charge in [0, 0.05) is 25.1 Å². The summed E-state index contributed by atoms with van der Waals surface area (Å²) in [6.07, 6.45) is 4.60. The van der Waals surface area contributed by atoms with Crippen LogP contribution in [0.3, 0.4) is 0 Å². The zero-order valence-electron chi connectivity index (χ0n) is 16.2. The average molecular weight is 384 g/mol. The van der Waals surface area contributed by atoms with Crippen LogP contribution in [0.25, 0.3) is 0 Å². The smallest absolute Gasteiger partial charge is 0.226 e. The maximum atomic E-state index is 12.0. The predicted octanol–water partition coefficient (Wildman–Crippen LogP) is 2.69. The molecule has 1 amide bonds. The molecule has 2 heterocycles. The summed E-state index contributed by atoms with van der Waals surface area (Å²) in [5.74, 6) is 1.61. The molecule has 1 aromatic carbocycles. The van der Waals surface area contributed by atoms with E-state index < -0.39 is 0 Å². The molecule has 4 rings (SSSR count). The number of nitrogens with one attached hydrogen (secondary N) is 1. The number of nitrogens with zero attached hydrogens (tertiary/aromatic N) is 1. The number of benzene rings is 1. The zero-order valence-corrected chi connectivity index (χ0v) is 16.2. The van der Waals surface area contributed by atoms with Gasteiger partial charge in [0.15, 0.2) is 5.76 Å². The van der Waals surface area contributed by atoms with Crippen molar-refractivity contribution in [3.63, 3.8) is 0 Å². The van der Waals surface area contributed by atoms with E-state index in [2.05, 4.69) is 34.7 Å². The molecule has 2 aliphatic rings. The third-order valence-electron chi connectivity index (χ3n) is 5.61. The van der Waals surface area contributed by atoms with Gasteiger partial charge in [0.05, 0.1) is 25.3 Å². The minimum atomic E-state index is -0.0338. The van der Waals surface area contributed by atoms with Crippen molar-refractivity contribution in [3.05, 3.63) is 52.9 Å². The standard InChI is InChI=1S/C22H28N2O4/c25-22(23-12-17-7-8-26-14-17)11-20-10-21(28-24-20)15-27-13-16-5-6-18-3-1-2-4-19(18)9-16/h1-4,10,16-17H,5-9,11-15H2,(H,23,25). The van der Waals surface area contributed by atoms with Crippen molar-refractivity contribution in [2.75, 3.05) is 26.4 Å². The van der Waals surface area contributed by atoms with Crippen LogP contribution in [0.4, 0.5) is 0 Å². The first-order valence-corrected chi connectivity index (χ1v) is 10.2. The Morgan fingerprint density at radius 3 is 2.96 bits per heavy atom. The summed E-state index contributed by atoms with van der Waals surface area (Å²) in [5, 5.41) is 6.94. The first-order chi connectivity index (χ1) is 13.8. The van der Waals surface area contributed by atoms with E-state index in [1.54, 1.807) is 0 Å². The number of carbonyl (C=O) groups is 1. The monoisotopic (exact) mass is 384 g/mol. The molecule has 28 heavy (non-hydrogen) atoms. The Morgan fingerprint density at radius 2 is 2.11 bits per heavy atom. The van der Waals surface area contributed by atoms with E-state index in [4.69, 9.17) is 14.0 Å². The summed E-state index contributed by atoms with van der Waals surface area (Å²) in [6, 6.07) is 10.5. The van der Waals surface area contributed by atoms with Crippen molar-refractivity contribution in [1.82, 2.24) is 10.5 Å². The Morgan fingerprint density at radius 1 is 1.21 bits per heavy atom. The number of ether oxygens (including phenoxy) is 2. The van der Waals surface area contributed by atoms with Gasteiger partial charge in [-0.15, -0.1) is 0 Å². The lowest BCUT2D eigenvalue weighted by atomic mass is 9.84. The van der Waals surface area contributed by atoms with Gasteiger partial charge in [0.1, 0.15) is 6.61 Å². The molecule has 0 saturated carbocycles. The van der Waals surface area contributed by atoms with Crippen molar-refractivity contribution in [3.8, 4) is 0 Å². The maximum Gasteiger partial charge on any atom is 0.226 e. The van der Waals surface area contributed by atoms with E-state index in [9.17, 15) is 4.79 Å². The quantitative estimate of drug-likeness (QED) is 0.758. The van der Waals surface area contributed by atoms with Gasteiger partial charge in [0.25, 0.3) is 0 Å². The lowest BCUT2D eigenvalue weighted by Crippen LogP contribution is -2.30. The highest BCUT2D eigenvalue weighted by molar-refractivity contribution is 5.78. The number of fused-ring (bicyclic) bond motifs is 1. The topological polar surface area (TPSA) is 73.6 Å². The predicted molar refractivity (Wildman–Crippen MR) is 104 cm³/mol. The number of hydrogen-bond donors (Lipinski definition) is 1. The third kappa shape index (κ3) is 5.20. The fraction of sp³-hybridized carbons (Fsp3) is 0.545. The molecule has 1 fully saturated rings. The Hall–Kier alpha value is -2.18. The zero-order chi connectivity index (χ0) is 19.2. The molecule has 2 aromatic rings. The molecule has 1 N–H and O–H groups in total. The summed E-state index contributed by atoms with van der Waals surface area (Å²) in [7, 11) is 0. The Labute approximate surface area is 165 Å². The van der Waals surface area contributed by atoms with Gasteiger partial charge in [-0.2, -0.15) is 0 Å². The molecule has 2 unspecified atom stereocenters. The maximum absolute atomic E-state index is 12.0. The van der Waals surface area contributed by atoms with Crippen molar-refractivity contribution in [1.29, 1.82) is 0 Å². The number of aryl methyl sites for hydroxylation is 1. The van der Waals surface area contributed by atoms with Crippen LogP contribution in [0, 0.1) is 11.8 Å². The van der Waals surface area contributed by atoms with E-state index in [1.807, 2.05) is 6.07 Å². The molecule has 0 radical (unpaired) electrons. The van der Waals surface area contributed by atoms with Crippen LogP contribution < -0.4 is 5.32 Å². The molecule has 1 saturated heterocycles. The molecule has 150 valence electrons. The van der Waals surface area contributed by atoms with Crippen LogP contribution in [0.1, 0.15) is 35.4 Å². The Kier molecular flexibility index (Phi) is 6.39. The molecule has 1 aliphatic heterocycles. The van der Waals surface area contributed by atoms with E-state index >= 15 is 0 Å². The van der Waals surface area contributed by atoms with Gasteiger partial charge >= 0.3 is 0 Å². The van der Waals surface area contributed by atoms with Crippen LogP contribution in [-0.4, -0.2) is 37.4 Å². The van der Waals surface area contributed by atoms with Gasteiger partial charge in [0.2, 0.25) is 5.91 Å². The first-order valence-electron chi connectivity index (χ1n) is 10.2.